The van der Waals surface area contributed by atoms with Crippen LogP contribution in [0.4, 0.5) is 0 Å². The Morgan fingerprint density at radius 3 is 3.00 bits per heavy atom. The molecule has 1 aromatic rings. The number of ether oxygens (including phenoxy) is 1. The number of nitro groups is 1. The summed E-state index contributed by atoms with van der Waals surface area (Å²) >= 11 is 0. The molecule has 0 unspecified atom stereocenters. The third-order valence-electron chi connectivity index (χ3n) is 2.92. The van der Waals surface area contributed by atoms with E-state index in [4.69, 9.17) is 4.74 Å². The highest BCUT2D eigenvalue weighted by molar-refractivity contribution is 5.38. The van der Waals surface area contributed by atoms with E-state index in [2.05, 4.69) is 0 Å². The van der Waals surface area contributed by atoms with Crippen molar-refractivity contribution < 1.29 is 9.66 Å². The molecule has 15 heavy (non-hydrogen) atoms. The van der Waals surface area contributed by atoms with Gasteiger partial charge in [-0.3, -0.25) is 10.1 Å². The van der Waals surface area contributed by atoms with Gasteiger partial charge in [0.25, 0.3) is 0 Å². The SMILES string of the molecule is C[C@@H]([C@H]1CCOc2ccccc21)[N+](=O)[O-]. The molecule has 1 aliphatic rings. The summed E-state index contributed by atoms with van der Waals surface area (Å²) in [5.41, 5.74) is 0.966. The van der Waals surface area contributed by atoms with Gasteiger partial charge in [0.05, 0.1) is 12.5 Å². The lowest BCUT2D eigenvalue weighted by atomic mass is 9.88. The molecule has 0 fully saturated rings. The van der Waals surface area contributed by atoms with Gasteiger partial charge in [0.15, 0.2) is 0 Å². The van der Waals surface area contributed by atoms with Crippen LogP contribution in [0.2, 0.25) is 0 Å². The maximum absolute atomic E-state index is 10.8. The Kier molecular flexibility index (Phi) is 2.58. The highest BCUT2D eigenvalue weighted by Crippen LogP contribution is 2.36. The highest BCUT2D eigenvalue weighted by atomic mass is 16.6. The van der Waals surface area contributed by atoms with Crippen molar-refractivity contribution in [3.63, 3.8) is 0 Å². The summed E-state index contributed by atoms with van der Waals surface area (Å²) in [4.78, 5) is 10.6. The molecule has 0 amide bonds. The first-order valence-corrected chi connectivity index (χ1v) is 5.05. The Bertz CT molecular complexity index is 378. The molecule has 4 heteroatoms. The van der Waals surface area contributed by atoms with Gasteiger partial charge in [-0.05, 0) is 12.5 Å². The second-order valence-electron chi connectivity index (χ2n) is 3.81. The monoisotopic (exact) mass is 207 g/mol. The van der Waals surface area contributed by atoms with E-state index in [0.717, 1.165) is 17.7 Å². The van der Waals surface area contributed by atoms with Crippen LogP contribution >= 0.6 is 0 Å². The van der Waals surface area contributed by atoms with Crippen molar-refractivity contribution in [3.8, 4) is 5.75 Å². The van der Waals surface area contributed by atoms with Gasteiger partial charge in [0, 0.05) is 17.4 Å². The van der Waals surface area contributed by atoms with Gasteiger partial charge in [-0.1, -0.05) is 18.2 Å². The number of rotatable bonds is 2. The molecule has 80 valence electrons. The minimum Gasteiger partial charge on any atom is -0.493 e. The molecule has 1 heterocycles. The van der Waals surface area contributed by atoms with E-state index < -0.39 is 6.04 Å². The lowest BCUT2D eigenvalue weighted by molar-refractivity contribution is -0.522. The third kappa shape index (κ3) is 1.79. The number of fused-ring (bicyclic) bond motifs is 1. The molecule has 0 radical (unpaired) electrons. The molecule has 0 N–H and O–H groups in total. The highest BCUT2D eigenvalue weighted by Gasteiger charge is 2.32. The molecule has 1 aliphatic heterocycles. The minimum absolute atomic E-state index is 0.0232. The summed E-state index contributed by atoms with van der Waals surface area (Å²) < 4.78 is 5.46. The molecule has 0 aliphatic carbocycles. The largest absolute Gasteiger partial charge is 0.493 e. The fraction of sp³-hybridized carbons (Fsp3) is 0.455. The van der Waals surface area contributed by atoms with Crippen LogP contribution in [0, 0.1) is 10.1 Å². The van der Waals surface area contributed by atoms with E-state index in [1.54, 1.807) is 6.92 Å². The van der Waals surface area contributed by atoms with Crippen molar-refractivity contribution in [1.82, 2.24) is 0 Å². The smallest absolute Gasteiger partial charge is 0.217 e. The molecule has 0 saturated carbocycles. The summed E-state index contributed by atoms with van der Waals surface area (Å²) in [7, 11) is 0. The molecule has 2 rings (SSSR count). The summed E-state index contributed by atoms with van der Waals surface area (Å²) in [5, 5.41) is 10.8. The van der Waals surface area contributed by atoms with Crippen molar-refractivity contribution in [2.75, 3.05) is 6.61 Å². The first-order valence-electron chi connectivity index (χ1n) is 5.05. The molecule has 0 saturated heterocycles. The standard InChI is InChI=1S/C11H13NO3/c1-8(12(13)14)9-6-7-15-11-5-3-2-4-10(9)11/h2-5,8-9H,6-7H2,1H3/t8-,9+/m0/s1. The average molecular weight is 207 g/mol. The van der Waals surface area contributed by atoms with Crippen molar-refractivity contribution in [1.29, 1.82) is 0 Å². The topological polar surface area (TPSA) is 52.4 Å². The molecule has 0 spiro atoms. The zero-order valence-corrected chi connectivity index (χ0v) is 8.55. The Morgan fingerprint density at radius 1 is 1.53 bits per heavy atom. The Balaban J connectivity index is 2.33. The van der Waals surface area contributed by atoms with Crippen LogP contribution in [0.1, 0.15) is 24.8 Å². The van der Waals surface area contributed by atoms with Crippen molar-refractivity contribution in [3.05, 3.63) is 39.9 Å². The number of nitrogens with zero attached hydrogens (tertiary/aromatic N) is 1. The lowest BCUT2D eigenvalue weighted by Gasteiger charge is -2.26. The van der Waals surface area contributed by atoms with E-state index in [9.17, 15) is 10.1 Å². The first kappa shape index (κ1) is 9.96. The zero-order valence-electron chi connectivity index (χ0n) is 8.55. The molecular weight excluding hydrogens is 194 g/mol. The van der Waals surface area contributed by atoms with Gasteiger partial charge in [-0.15, -0.1) is 0 Å². The fourth-order valence-corrected chi connectivity index (χ4v) is 2.02. The number of hydrogen-bond donors (Lipinski definition) is 0. The quantitative estimate of drug-likeness (QED) is 0.552. The van der Waals surface area contributed by atoms with E-state index in [1.165, 1.54) is 0 Å². The third-order valence-corrected chi connectivity index (χ3v) is 2.92. The molecule has 2 atom stereocenters. The van der Waals surface area contributed by atoms with Crippen LogP contribution in [0.3, 0.4) is 0 Å². The summed E-state index contributed by atoms with van der Waals surface area (Å²) in [5.74, 6) is 0.771. The zero-order chi connectivity index (χ0) is 10.8. The minimum atomic E-state index is -0.546. The molecule has 1 aromatic carbocycles. The second-order valence-corrected chi connectivity index (χ2v) is 3.81. The summed E-state index contributed by atoms with van der Waals surface area (Å²) in [6.45, 7) is 2.23. The maximum Gasteiger partial charge on any atom is 0.217 e. The molecule has 4 nitrogen and oxygen atoms in total. The van der Waals surface area contributed by atoms with Gasteiger partial charge in [0.2, 0.25) is 6.04 Å². The Labute approximate surface area is 88.0 Å². The predicted molar refractivity (Wildman–Crippen MR) is 55.8 cm³/mol. The maximum atomic E-state index is 10.8. The average Bonchev–Trinajstić information content (AvgIpc) is 2.27. The molecular formula is C11H13NO3. The van der Waals surface area contributed by atoms with Crippen LogP contribution in [0.5, 0.6) is 5.75 Å². The predicted octanol–water partition coefficient (Wildman–Crippen LogP) is 2.22. The van der Waals surface area contributed by atoms with Gasteiger partial charge < -0.3 is 4.74 Å². The number of para-hydroxylation sites is 1. The van der Waals surface area contributed by atoms with Crippen LogP contribution in [0.15, 0.2) is 24.3 Å². The van der Waals surface area contributed by atoms with E-state index in [1.807, 2.05) is 24.3 Å². The van der Waals surface area contributed by atoms with Crippen molar-refractivity contribution >= 4 is 0 Å². The molecule has 0 bridgehead atoms. The summed E-state index contributed by atoms with van der Waals surface area (Å²) in [6, 6.07) is 7.02. The first-order chi connectivity index (χ1) is 7.20. The van der Waals surface area contributed by atoms with Gasteiger partial charge in [0.1, 0.15) is 5.75 Å². The van der Waals surface area contributed by atoms with E-state index in [-0.39, 0.29) is 10.8 Å². The fourth-order valence-electron chi connectivity index (χ4n) is 2.02. The lowest BCUT2D eigenvalue weighted by Crippen LogP contribution is -2.28. The second kappa shape index (κ2) is 3.88. The van der Waals surface area contributed by atoms with Gasteiger partial charge in [-0.25, -0.2) is 0 Å². The van der Waals surface area contributed by atoms with Gasteiger partial charge >= 0.3 is 0 Å². The normalized spacial score (nSPS) is 21.3. The van der Waals surface area contributed by atoms with Crippen LogP contribution in [0.25, 0.3) is 0 Å². The van der Waals surface area contributed by atoms with Crippen molar-refractivity contribution in [2.24, 2.45) is 0 Å². The number of hydrogen-bond acceptors (Lipinski definition) is 3. The molecule has 0 aromatic heterocycles. The van der Waals surface area contributed by atoms with Crippen LogP contribution in [-0.2, 0) is 0 Å². The number of benzene rings is 1. The van der Waals surface area contributed by atoms with Gasteiger partial charge in [-0.2, -0.15) is 0 Å². The van der Waals surface area contributed by atoms with E-state index in [0.29, 0.717) is 6.61 Å². The van der Waals surface area contributed by atoms with Crippen LogP contribution in [-0.4, -0.2) is 17.6 Å². The summed E-state index contributed by atoms with van der Waals surface area (Å²) in [6.07, 6.45) is 0.721. The van der Waals surface area contributed by atoms with E-state index >= 15 is 0 Å². The van der Waals surface area contributed by atoms with Crippen LogP contribution < -0.4 is 4.74 Å². The Hall–Kier alpha value is -1.58. The van der Waals surface area contributed by atoms with Crippen molar-refractivity contribution in [2.45, 2.75) is 25.3 Å². The Morgan fingerprint density at radius 2 is 2.27 bits per heavy atom.